The molecule has 4 aromatic rings. The van der Waals surface area contributed by atoms with Gasteiger partial charge >= 0.3 is 0 Å². The topological polar surface area (TPSA) is 9.23 Å². The number of hydrogen-bond donors (Lipinski definition) is 0. The van der Waals surface area contributed by atoms with Gasteiger partial charge < -0.3 is 4.74 Å². The van der Waals surface area contributed by atoms with Gasteiger partial charge in [0, 0.05) is 16.5 Å². The average molecular weight is 463 g/mol. The lowest BCUT2D eigenvalue weighted by molar-refractivity contribution is 0.372. The monoisotopic (exact) mass is 462 g/mol. The number of methoxy groups -OCH3 is 1. The zero-order valence-electron chi connectivity index (χ0n) is 19.6. The quantitative estimate of drug-likeness (QED) is 0.225. The highest BCUT2D eigenvalue weighted by Crippen LogP contribution is 2.34. The fourth-order valence-corrected chi connectivity index (χ4v) is 4.42. The van der Waals surface area contributed by atoms with Gasteiger partial charge in [-0.15, -0.1) is 0 Å². The maximum atomic E-state index is 15.5. The molecule has 0 bridgehead atoms. The molecule has 0 aromatic heterocycles. The largest absolute Gasteiger partial charge is 0.494 e. The molecule has 0 amide bonds. The molecule has 0 fully saturated rings. The van der Waals surface area contributed by atoms with E-state index in [1.165, 1.54) is 50.5 Å². The summed E-state index contributed by atoms with van der Waals surface area (Å²) in [5.74, 6) is -2.50. The molecule has 0 unspecified atom stereocenters. The molecule has 0 spiro atoms. The first kappa shape index (κ1) is 23.9. The standard InChI is InChI=1S/C30H29F3O/c1-3-4-5-6-7-9-20-12-14-24-23(18-20)13-15-25(28(24)31)21-10-8-11-22(19-21)26-16-17-27(34-2)30(33)29(26)32/h8,10-19H,3-7,9H2,1-2H3. The minimum absolute atomic E-state index is 0.102. The molecule has 0 saturated heterocycles. The minimum Gasteiger partial charge on any atom is -0.494 e. The second-order valence-corrected chi connectivity index (χ2v) is 8.67. The third-order valence-electron chi connectivity index (χ3n) is 6.34. The lowest BCUT2D eigenvalue weighted by Gasteiger charge is -2.12. The van der Waals surface area contributed by atoms with Crippen LogP contribution in [0.4, 0.5) is 13.2 Å². The Hall–Kier alpha value is -3.27. The molecule has 176 valence electrons. The van der Waals surface area contributed by atoms with Crippen molar-refractivity contribution in [1.29, 1.82) is 0 Å². The predicted molar refractivity (Wildman–Crippen MR) is 134 cm³/mol. The fourth-order valence-electron chi connectivity index (χ4n) is 4.42. The number of unbranched alkanes of at least 4 members (excludes halogenated alkanes) is 4. The van der Waals surface area contributed by atoms with E-state index < -0.39 is 11.6 Å². The van der Waals surface area contributed by atoms with E-state index in [2.05, 4.69) is 13.0 Å². The molecule has 0 atom stereocenters. The number of fused-ring (bicyclic) bond motifs is 1. The Morgan fingerprint density at radius 3 is 2.12 bits per heavy atom. The van der Waals surface area contributed by atoms with Crippen molar-refractivity contribution in [1.82, 2.24) is 0 Å². The maximum Gasteiger partial charge on any atom is 0.201 e. The zero-order valence-corrected chi connectivity index (χ0v) is 19.6. The Morgan fingerprint density at radius 1 is 0.676 bits per heavy atom. The normalized spacial score (nSPS) is 11.2. The molecule has 34 heavy (non-hydrogen) atoms. The highest BCUT2D eigenvalue weighted by Gasteiger charge is 2.16. The van der Waals surface area contributed by atoms with E-state index in [9.17, 15) is 8.78 Å². The molecular formula is C30H29F3O. The summed E-state index contributed by atoms with van der Waals surface area (Å²) in [5, 5.41) is 1.42. The van der Waals surface area contributed by atoms with Gasteiger partial charge in [0.25, 0.3) is 0 Å². The Kier molecular flexibility index (Phi) is 7.56. The fraction of sp³-hybridized carbons (Fsp3) is 0.267. The average Bonchev–Trinajstić information content (AvgIpc) is 2.86. The van der Waals surface area contributed by atoms with Gasteiger partial charge in [0.1, 0.15) is 5.82 Å². The van der Waals surface area contributed by atoms with Crippen LogP contribution in [0.3, 0.4) is 0 Å². The van der Waals surface area contributed by atoms with E-state index in [1.54, 1.807) is 30.3 Å². The van der Waals surface area contributed by atoms with Gasteiger partial charge in [-0.05, 0) is 53.1 Å². The summed E-state index contributed by atoms with van der Waals surface area (Å²) in [6.45, 7) is 2.21. The number of aryl methyl sites for hydroxylation is 1. The van der Waals surface area contributed by atoms with Crippen LogP contribution in [0, 0.1) is 17.5 Å². The van der Waals surface area contributed by atoms with E-state index in [0.717, 1.165) is 18.2 Å². The van der Waals surface area contributed by atoms with Crippen molar-refractivity contribution in [3.63, 3.8) is 0 Å². The Bertz CT molecular complexity index is 1300. The van der Waals surface area contributed by atoms with E-state index in [-0.39, 0.29) is 17.1 Å². The summed E-state index contributed by atoms with van der Waals surface area (Å²) in [6.07, 6.45) is 7.11. The van der Waals surface area contributed by atoms with Crippen LogP contribution in [-0.4, -0.2) is 7.11 Å². The molecule has 1 nitrogen and oxygen atoms in total. The highest BCUT2D eigenvalue weighted by molar-refractivity contribution is 5.89. The van der Waals surface area contributed by atoms with Crippen molar-refractivity contribution < 1.29 is 17.9 Å². The summed E-state index contributed by atoms with van der Waals surface area (Å²) in [5.41, 5.74) is 2.82. The summed E-state index contributed by atoms with van der Waals surface area (Å²) < 4.78 is 49.2. The van der Waals surface area contributed by atoms with Gasteiger partial charge in [-0.2, -0.15) is 4.39 Å². The van der Waals surface area contributed by atoms with Crippen molar-refractivity contribution in [2.75, 3.05) is 7.11 Å². The molecule has 0 aliphatic carbocycles. The van der Waals surface area contributed by atoms with Gasteiger partial charge in [-0.3, -0.25) is 0 Å². The van der Waals surface area contributed by atoms with Crippen molar-refractivity contribution in [2.24, 2.45) is 0 Å². The van der Waals surface area contributed by atoms with Crippen LogP contribution in [-0.2, 0) is 6.42 Å². The number of rotatable bonds is 9. The first-order chi connectivity index (χ1) is 16.5. The zero-order chi connectivity index (χ0) is 24.1. The van der Waals surface area contributed by atoms with Crippen LogP contribution in [0.1, 0.15) is 44.6 Å². The van der Waals surface area contributed by atoms with Gasteiger partial charge in [-0.1, -0.05) is 81.1 Å². The molecule has 0 aliphatic rings. The molecule has 0 N–H and O–H groups in total. The molecule has 0 radical (unpaired) electrons. The van der Waals surface area contributed by atoms with Crippen LogP contribution >= 0.6 is 0 Å². The molecule has 4 heteroatoms. The Labute approximate surface area is 199 Å². The summed E-state index contributed by atoms with van der Waals surface area (Å²) >= 11 is 0. The first-order valence-corrected chi connectivity index (χ1v) is 11.9. The number of hydrogen-bond acceptors (Lipinski definition) is 1. The van der Waals surface area contributed by atoms with Gasteiger partial charge in [-0.25, -0.2) is 8.78 Å². The lowest BCUT2D eigenvalue weighted by atomic mass is 9.95. The van der Waals surface area contributed by atoms with Crippen LogP contribution in [0.5, 0.6) is 5.75 Å². The minimum atomic E-state index is -1.04. The molecule has 0 saturated carbocycles. The SMILES string of the molecule is CCCCCCCc1ccc2c(F)c(-c3cccc(-c4ccc(OC)c(F)c4F)c3)ccc2c1. The van der Waals surface area contributed by atoms with Gasteiger partial charge in [0.05, 0.1) is 7.11 Å². The van der Waals surface area contributed by atoms with E-state index in [0.29, 0.717) is 22.1 Å². The predicted octanol–water partition coefficient (Wildman–Crippen LogP) is 9.11. The number of halogens is 3. The lowest BCUT2D eigenvalue weighted by Crippen LogP contribution is -1.95. The van der Waals surface area contributed by atoms with Crippen molar-refractivity contribution in [2.45, 2.75) is 45.4 Å². The van der Waals surface area contributed by atoms with Crippen LogP contribution in [0.15, 0.2) is 66.7 Å². The summed E-state index contributed by atoms with van der Waals surface area (Å²) in [7, 11) is 1.29. The van der Waals surface area contributed by atoms with Crippen molar-refractivity contribution in [3.05, 3.63) is 89.7 Å². The Morgan fingerprint density at radius 2 is 1.38 bits per heavy atom. The second kappa shape index (κ2) is 10.8. The van der Waals surface area contributed by atoms with Crippen molar-refractivity contribution >= 4 is 10.8 Å². The van der Waals surface area contributed by atoms with Crippen LogP contribution in [0.25, 0.3) is 33.0 Å². The van der Waals surface area contributed by atoms with Gasteiger partial charge in [0.2, 0.25) is 5.82 Å². The Balaban J connectivity index is 1.62. The van der Waals surface area contributed by atoms with Gasteiger partial charge in [0.15, 0.2) is 11.6 Å². The van der Waals surface area contributed by atoms with E-state index in [1.807, 2.05) is 18.2 Å². The first-order valence-electron chi connectivity index (χ1n) is 11.9. The third kappa shape index (κ3) is 4.96. The third-order valence-corrected chi connectivity index (χ3v) is 6.34. The van der Waals surface area contributed by atoms with Crippen molar-refractivity contribution in [3.8, 4) is 28.0 Å². The number of ether oxygens (including phenoxy) is 1. The number of benzene rings is 4. The van der Waals surface area contributed by atoms with Crippen LogP contribution in [0.2, 0.25) is 0 Å². The molecule has 4 aromatic carbocycles. The maximum absolute atomic E-state index is 15.5. The molecular weight excluding hydrogens is 433 g/mol. The van der Waals surface area contributed by atoms with Crippen LogP contribution < -0.4 is 4.74 Å². The second-order valence-electron chi connectivity index (χ2n) is 8.67. The molecule has 0 aliphatic heterocycles. The van der Waals surface area contributed by atoms with E-state index >= 15 is 4.39 Å². The highest BCUT2D eigenvalue weighted by atomic mass is 19.2. The summed E-state index contributed by atoms with van der Waals surface area (Å²) in [4.78, 5) is 0. The van der Waals surface area contributed by atoms with E-state index in [4.69, 9.17) is 4.74 Å². The summed E-state index contributed by atoms with van der Waals surface area (Å²) in [6, 6.07) is 19.3. The molecule has 4 rings (SSSR count). The smallest absolute Gasteiger partial charge is 0.201 e. The molecule has 0 heterocycles.